The Morgan fingerprint density at radius 2 is 2.11 bits per heavy atom. The zero-order chi connectivity index (χ0) is 13.5. The van der Waals surface area contributed by atoms with Gasteiger partial charge in [-0.2, -0.15) is 0 Å². The van der Waals surface area contributed by atoms with Crippen LogP contribution in [0.5, 0.6) is 0 Å². The third-order valence-electron chi connectivity index (χ3n) is 3.27. The molecular formula is C14H22ClNOS. The van der Waals surface area contributed by atoms with Gasteiger partial charge in [-0.3, -0.25) is 4.79 Å². The number of hydrogen-bond acceptors (Lipinski definition) is 3. The van der Waals surface area contributed by atoms with Crippen LogP contribution in [0.3, 0.4) is 0 Å². The molecule has 1 unspecified atom stereocenters. The average molecular weight is 288 g/mol. The lowest BCUT2D eigenvalue weighted by Crippen LogP contribution is -2.16. The summed E-state index contributed by atoms with van der Waals surface area (Å²) >= 11 is 7.34. The molecule has 0 aromatic carbocycles. The van der Waals surface area contributed by atoms with Crippen molar-refractivity contribution in [3.63, 3.8) is 0 Å². The van der Waals surface area contributed by atoms with E-state index in [-0.39, 0.29) is 0 Å². The van der Waals surface area contributed by atoms with E-state index >= 15 is 0 Å². The van der Waals surface area contributed by atoms with E-state index in [2.05, 4.69) is 13.8 Å². The van der Waals surface area contributed by atoms with E-state index in [1.807, 2.05) is 12.1 Å². The second-order valence-electron chi connectivity index (χ2n) is 5.04. The number of carbonyl (C=O) groups is 1. The van der Waals surface area contributed by atoms with Gasteiger partial charge in [0, 0.05) is 17.7 Å². The fraction of sp³-hybridized carbons (Fsp3) is 0.643. The molecule has 1 rings (SSSR count). The smallest absolute Gasteiger partial charge is 0.138 e. The minimum atomic E-state index is 0.302. The maximum atomic E-state index is 11.9. The monoisotopic (exact) mass is 287 g/mol. The Hall–Kier alpha value is -0.380. The molecule has 2 nitrogen and oxygen atoms in total. The first-order valence-electron chi connectivity index (χ1n) is 6.49. The SMILES string of the molecule is CC(C)C(CCN)CCC(=O)Cc1ccc(Cl)s1. The number of Topliss-reactive ketones (excluding diaryl/α,β-unsaturated/α-hetero) is 1. The summed E-state index contributed by atoms with van der Waals surface area (Å²) in [6.07, 6.45) is 3.13. The number of rotatable bonds is 8. The number of hydrogen-bond donors (Lipinski definition) is 1. The van der Waals surface area contributed by atoms with Crippen LogP contribution in [0.4, 0.5) is 0 Å². The van der Waals surface area contributed by atoms with Gasteiger partial charge in [-0.05, 0) is 43.4 Å². The molecule has 0 aliphatic rings. The number of halogens is 1. The molecule has 0 aliphatic carbocycles. The summed E-state index contributed by atoms with van der Waals surface area (Å²) in [5.41, 5.74) is 5.60. The van der Waals surface area contributed by atoms with Gasteiger partial charge < -0.3 is 5.73 Å². The van der Waals surface area contributed by atoms with Gasteiger partial charge in [-0.1, -0.05) is 25.4 Å². The van der Waals surface area contributed by atoms with Crippen LogP contribution < -0.4 is 5.73 Å². The third kappa shape index (κ3) is 5.51. The van der Waals surface area contributed by atoms with Crippen LogP contribution in [0.25, 0.3) is 0 Å². The molecule has 0 aliphatic heterocycles. The van der Waals surface area contributed by atoms with Gasteiger partial charge in [0.1, 0.15) is 5.78 Å². The third-order valence-corrected chi connectivity index (χ3v) is 4.51. The maximum Gasteiger partial charge on any atom is 0.138 e. The Morgan fingerprint density at radius 3 is 2.61 bits per heavy atom. The fourth-order valence-electron chi connectivity index (χ4n) is 2.10. The topological polar surface area (TPSA) is 43.1 Å². The molecule has 0 saturated carbocycles. The Kier molecular flexibility index (Phi) is 6.90. The summed E-state index contributed by atoms with van der Waals surface area (Å²) in [5.74, 6) is 1.46. The van der Waals surface area contributed by atoms with Crippen molar-refractivity contribution >= 4 is 28.7 Å². The summed E-state index contributed by atoms with van der Waals surface area (Å²) < 4.78 is 0.751. The van der Waals surface area contributed by atoms with Gasteiger partial charge in [0.15, 0.2) is 0 Å². The molecule has 0 bridgehead atoms. The number of carbonyl (C=O) groups excluding carboxylic acids is 1. The van der Waals surface area contributed by atoms with Gasteiger partial charge in [0.05, 0.1) is 4.34 Å². The van der Waals surface area contributed by atoms with Crippen molar-refractivity contribution in [1.29, 1.82) is 0 Å². The standard InChI is InChI=1S/C14H22ClNOS/c1-10(2)11(7-8-16)3-4-12(17)9-13-5-6-14(15)18-13/h5-6,10-11H,3-4,7-9,16H2,1-2H3. The highest BCUT2D eigenvalue weighted by atomic mass is 35.5. The molecule has 0 amide bonds. The van der Waals surface area contributed by atoms with E-state index in [4.69, 9.17) is 17.3 Å². The molecule has 102 valence electrons. The lowest BCUT2D eigenvalue weighted by atomic mass is 9.87. The van der Waals surface area contributed by atoms with Crippen LogP contribution in [0, 0.1) is 11.8 Å². The zero-order valence-corrected chi connectivity index (χ0v) is 12.7. The molecule has 4 heteroatoms. The summed E-state index contributed by atoms with van der Waals surface area (Å²) in [6, 6.07) is 3.78. The highest BCUT2D eigenvalue weighted by molar-refractivity contribution is 7.16. The van der Waals surface area contributed by atoms with Crippen molar-refractivity contribution in [1.82, 2.24) is 0 Å². The molecule has 0 fully saturated rings. The number of thiophene rings is 1. The quantitative estimate of drug-likeness (QED) is 0.787. The van der Waals surface area contributed by atoms with E-state index in [1.165, 1.54) is 11.3 Å². The first kappa shape index (κ1) is 15.7. The van der Waals surface area contributed by atoms with Crippen LogP contribution in [-0.4, -0.2) is 12.3 Å². The van der Waals surface area contributed by atoms with E-state index in [0.717, 1.165) is 22.1 Å². The molecule has 1 heterocycles. The molecule has 1 aromatic rings. The maximum absolute atomic E-state index is 11.9. The van der Waals surface area contributed by atoms with Crippen LogP contribution in [0.1, 0.15) is 38.0 Å². The minimum Gasteiger partial charge on any atom is -0.330 e. The van der Waals surface area contributed by atoms with Gasteiger partial charge in [-0.25, -0.2) is 0 Å². The normalized spacial score (nSPS) is 12.9. The van der Waals surface area contributed by atoms with Crippen LogP contribution in [0.2, 0.25) is 4.34 Å². The van der Waals surface area contributed by atoms with E-state index in [0.29, 0.717) is 37.0 Å². The predicted molar refractivity (Wildman–Crippen MR) is 79.3 cm³/mol. The second kappa shape index (κ2) is 7.93. The fourth-order valence-corrected chi connectivity index (χ4v) is 3.22. The van der Waals surface area contributed by atoms with E-state index in [9.17, 15) is 4.79 Å². The van der Waals surface area contributed by atoms with Crippen molar-refractivity contribution in [2.45, 2.75) is 39.5 Å². The first-order chi connectivity index (χ1) is 8.52. The number of ketones is 1. The molecule has 2 N–H and O–H groups in total. The van der Waals surface area contributed by atoms with Crippen LogP contribution >= 0.6 is 22.9 Å². The summed E-state index contributed by atoms with van der Waals surface area (Å²) in [7, 11) is 0. The van der Waals surface area contributed by atoms with Crippen LogP contribution in [-0.2, 0) is 11.2 Å². The van der Waals surface area contributed by atoms with Crippen molar-refractivity contribution in [2.75, 3.05) is 6.54 Å². The van der Waals surface area contributed by atoms with E-state index in [1.54, 1.807) is 0 Å². The molecular weight excluding hydrogens is 266 g/mol. The second-order valence-corrected chi connectivity index (χ2v) is 6.84. The van der Waals surface area contributed by atoms with Crippen molar-refractivity contribution in [3.05, 3.63) is 21.3 Å². The Morgan fingerprint density at radius 1 is 1.39 bits per heavy atom. The Balaban J connectivity index is 2.35. The van der Waals surface area contributed by atoms with Gasteiger partial charge in [-0.15, -0.1) is 11.3 Å². The van der Waals surface area contributed by atoms with Crippen LogP contribution in [0.15, 0.2) is 12.1 Å². The van der Waals surface area contributed by atoms with Crippen molar-refractivity contribution < 1.29 is 4.79 Å². The summed E-state index contributed by atoms with van der Waals surface area (Å²) in [6.45, 7) is 5.10. The molecule has 1 aromatic heterocycles. The number of nitrogens with two attached hydrogens (primary N) is 1. The Bertz CT molecular complexity index is 376. The summed E-state index contributed by atoms with van der Waals surface area (Å²) in [5, 5.41) is 0. The largest absolute Gasteiger partial charge is 0.330 e. The average Bonchev–Trinajstić information content (AvgIpc) is 2.69. The molecule has 0 radical (unpaired) electrons. The first-order valence-corrected chi connectivity index (χ1v) is 7.68. The van der Waals surface area contributed by atoms with Gasteiger partial charge in [0.2, 0.25) is 0 Å². The lowest BCUT2D eigenvalue weighted by molar-refractivity contribution is -0.118. The Labute approximate surface area is 119 Å². The molecule has 18 heavy (non-hydrogen) atoms. The van der Waals surface area contributed by atoms with Crippen molar-refractivity contribution in [2.24, 2.45) is 17.6 Å². The highest BCUT2D eigenvalue weighted by Crippen LogP contribution is 2.24. The zero-order valence-electron chi connectivity index (χ0n) is 11.1. The molecule has 0 spiro atoms. The minimum absolute atomic E-state index is 0.302. The van der Waals surface area contributed by atoms with Gasteiger partial charge >= 0.3 is 0 Å². The highest BCUT2D eigenvalue weighted by Gasteiger charge is 2.15. The van der Waals surface area contributed by atoms with E-state index < -0.39 is 0 Å². The molecule has 1 atom stereocenters. The summed E-state index contributed by atoms with van der Waals surface area (Å²) in [4.78, 5) is 12.9. The lowest BCUT2D eigenvalue weighted by Gasteiger charge is -2.19. The van der Waals surface area contributed by atoms with Gasteiger partial charge in [0.25, 0.3) is 0 Å². The predicted octanol–water partition coefficient (Wildman–Crippen LogP) is 3.91. The van der Waals surface area contributed by atoms with Crippen molar-refractivity contribution in [3.8, 4) is 0 Å². The molecule has 0 saturated heterocycles.